The van der Waals surface area contributed by atoms with Crippen molar-refractivity contribution in [3.63, 3.8) is 0 Å². The normalized spacial score (nSPS) is 11.4. The van der Waals surface area contributed by atoms with Gasteiger partial charge in [0.25, 0.3) is 11.4 Å². The van der Waals surface area contributed by atoms with E-state index in [0.29, 0.717) is 0 Å². The van der Waals surface area contributed by atoms with Crippen LogP contribution in [0.15, 0.2) is 51.7 Å². The van der Waals surface area contributed by atoms with Crippen molar-refractivity contribution >= 4 is 34.4 Å². The molecule has 3 N–H and O–H groups in total. The Morgan fingerprint density at radius 1 is 1.00 bits per heavy atom. The maximum atomic E-state index is 11.6. The molecule has 0 saturated carbocycles. The maximum absolute atomic E-state index is 11.6. The zero-order chi connectivity index (χ0) is 20.8. The molecule has 2 aromatic carbocycles. The molecule has 0 aliphatic carbocycles. The summed E-state index contributed by atoms with van der Waals surface area (Å²) in [6.07, 6.45) is 0. The van der Waals surface area contributed by atoms with Crippen LogP contribution in [0.2, 0.25) is 0 Å². The van der Waals surface area contributed by atoms with E-state index in [0.717, 1.165) is 37.3 Å². The molecule has 0 aliphatic rings. The Hall–Kier alpha value is -4.42. The number of ketones is 1. The first kappa shape index (κ1) is 19.9. The van der Waals surface area contributed by atoms with Crippen molar-refractivity contribution in [1.29, 1.82) is 0 Å². The van der Waals surface area contributed by atoms with Gasteiger partial charge in [-0.05, 0) is 12.1 Å². The third kappa shape index (κ3) is 4.81. The molecule has 0 amide bonds. The number of nitro groups is 2. The van der Waals surface area contributed by atoms with E-state index in [9.17, 15) is 35.2 Å². The van der Waals surface area contributed by atoms with Gasteiger partial charge in [-0.3, -0.25) is 30.4 Å². The highest BCUT2D eigenvalue weighted by atomic mass is 16.6. The number of amidine groups is 1. The lowest BCUT2D eigenvalue weighted by Crippen LogP contribution is -2.09. The first-order valence-corrected chi connectivity index (χ1v) is 7.40. The summed E-state index contributed by atoms with van der Waals surface area (Å²) in [5.74, 6) is -2.08. The van der Waals surface area contributed by atoms with Crippen LogP contribution < -0.4 is 5.43 Å². The minimum absolute atomic E-state index is 0.0299. The number of non-ortho nitro benzene ring substituents is 2. The van der Waals surface area contributed by atoms with Crippen LogP contribution in [-0.2, 0) is 4.79 Å². The number of anilines is 1. The molecule has 144 valence electrons. The van der Waals surface area contributed by atoms with Crippen LogP contribution in [0.3, 0.4) is 0 Å². The smallest absolute Gasteiger partial charge is 0.273 e. The van der Waals surface area contributed by atoms with E-state index in [4.69, 9.17) is 0 Å². The van der Waals surface area contributed by atoms with Gasteiger partial charge in [0.15, 0.2) is 0 Å². The second-order valence-electron chi connectivity index (χ2n) is 5.19. The van der Waals surface area contributed by atoms with Crippen molar-refractivity contribution in [1.82, 2.24) is 0 Å². The number of aromatic hydroxyl groups is 2. The van der Waals surface area contributed by atoms with Gasteiger partial charge in [-0.15, -0.1) is 15.3 Å². The number of hydrogen-bond acceptors (Lipinski definition) is 10. The average Bonchev–Trinajstić information content (AvgIpc) is 2.63. The average molecular weight is 388 g/mol. The Morgan fingerprint density at radius 3 is 2.07 bits per heavy atom. The number of carbonyl (C=O) groups excluding carboxylic acids is 1. The van der Waals surface area contributed by atoms with E-state index < -0.39 is 33.0 Å². The van der Waals surface area contributed by atoms with Crippen molar-refractivity contribution in [3.8, 4) is 11.5 Å². The summed E-state index contributed by atoms with van der Waals surface area (Å²) in [7, 11) is 0. The lowest BCUT2D eigenvalue weighted by atomic mass is 10.2. The Labute approximate surface area is 156 Å². The number of carbonyl (C=O) groups is 1. The van der Waals surface area contributed by atoms with Gasteiger partial charge >= 0.3 is 0 Å². The summed E-state index contributed by atoms with van der Waals surface area (Å²) >= 11 is 0. The van der Waals surface area contributed by atoms with E-state index in [1.807, 2.05) is 0 Å². The minimum atomic E-state index is -0.705. The van der Waals surface area contributed by atoms with Gasteiger partial charge in [0.2, 0.25) is 11.6 Å². The van der Waals surface area contributed by atoms with Gasteiger partial charge in [-0.2, -0.15) is 0 Å². The van der Waals surface area contributed by atoms with Gasteiger partial charge in [0.05, 0.1) is 27.7 Å². The van der Waals surface area contributed by atoms with Crippen LogP contribution in [0, 0.1) is 20.2 Å². The zero-order valence-corrected chi connectivity index (χ0v) is 14.1. The number of hydrazone groups is 1. The van der Waals surface area contributed by atoms with Gasteiger partial charge < -0.3 is 10.2 Å². The molecule has 0 saturated heterocycles. The highest BCUT2D eigenvalue weighted by Gasteiger charge is 2.12. The Morgan fingerprint density at radius 2 is 1.57 bits per heavy atom. The molecule has 2 rings (SSSR count). The number of nitrogens with zero attached hydrogens (tertiary/aromatic N) is 5. The first-order valence-electron chi connectivity index (χ1n) is 7.40. The van der Waals surface area contributed by atoms with Gasteiger partial charge in [-0.25, -0.2) is 0 Å². The third-order valence-electron chi connectivity index (χ3n) is 3.21. The Bertz CT molecular complexity index is 1020. The molecule has 0 bridgehead atoms. The van der Waals surface area contributed by atoms with Crippen molar-refractivity contribution < 1.29 is 24.9 Å². The van der Waals surface area contributed by atoms with Gasteiger partial charge in [-0.1, -0.05) is 0 Å². The third-order valence-corrected chi connectivity index (χ3v) is 3.21. The highest BCUT2D eigenvalue weighted by molar-refractivity contribution is 6.38. The van der Waals surface area contributed by atoms with Gasteiger partial charge in [0, 0.05) is 19.1 Å². The van der Waals surface area contributed by atoms with E-state index in [-0.39, 0.29) is 22.7 Å². The van der Waals surface area contributed by atoms with Crippen LogP contribution >= 0.6 is 0 Å². The number of nitrogens with one attached hydrogen (secondary N) is 1. The number of phenols is 2. The number of phenolic OH excluding ortho intramolecular Hbond substituents is 2. The lowest BCUT2D eigenvalue weighted by Gasteiger charge is -2.04. The Balaban J connectivity index is 2.24. The van der Waals surface area contributed by atoms with Gasteiger partial charge in [0.1, 0.15) is 17.2 Å². The molecule has 0 aliphatic heterocycles. The molecule has 0 atom stereocenters. The van der Waals surface area contributed by atoms with Crippen LogP contribution in [0.1, 0.15) is 6.92 Å². The molecule has 0 unspecified atom stereocenters. The fourth-order valence-electron chi connectivity index (χ4n) is 1.82. The second-order valence-corrected chi connectivity index (χ2v) is 5.19. The first-order chi connectivity index (χ1) is 13.2. The standard InChI is InChI=1S/C15H12N6O7/c1-8(22)15(18-16-11-4-2-9(20(25)26)6-13(11)23)19-17-12-5-3-10(21(27)28)7-14(12)24/h2-7,16,23-24H,1H3. The number of hydrogen-bond donors (Lipinski definition) is 3. The largest absolute Gasteiger partial charge is 0.505 e. The topological polar surface area (TPSA) is 193 Å². The number of azo groups is 1. The molecule has 0 spiro atoms. The van der Waals surface area contributed by atoms with E-state index >= 15 is 0 Å². The summed E-state index contributed by atoms with van der Waals surface area (Å²) in [6.45, 7) is 1.13. The number of nitro benzene ring substituents is 2. The predicted octanol–water partition coefficient (Wildman–Crippen LogP) is 3.01. The van der Waals surface area contributed by atoms with Crippen molar-refractivity contribution in [2.75, 3.05) is 5.43 Å². The van der Waals surface area contributed by atoms with Crippen LogP contribution in [0.5, 0.6) is 11.5 Å². The highest BCUT2D eigenvalue weighted by Crippen LogP contribution is 2.31. The number of Topliss-reactive ketones (excluding diaryl/α,β-unsaturated/α-hetero) is 1. The summed E-state index contributed by atoms with van der Waals surface area (Å²) in [6, 6.07) is 6.26. The molecule has 0 heterocycles. The summed E-state index contributed by atoms with van der Waals surface area (Å²) in [5, 5.41) is 51.6. The van der Waals surface area contributed by atoms with Crippen molar-refractivity contribution in [2.45, 2.75) is 6.92 Å². The maximum Gasteiger partial charge on any atom is 0.273 e. The second kappa shape index (κ2) is 8.31. The van der Waals surface area contributed by atoms with Crippen LogP contribution in [0.25, 0.3) is 0 Å². The predicted molar refractivity (Wildman–Crippen MR) is 95.8 cm³/mol. The molecule has 0 radical (unpaired) electrons. The molecule has 13 heteroatoms. The fraction of sp³-hybridized carbons (Fsp3) is 0.0667. The summed E-state index contributed by atoms with van der Waals surface area (Å²) < 4.78 is 0. The Kier molecular flexibility index (Phi) is 5.90. The lowest BCUT2D eigenvalue weighted by molar-refractivity contribution is -0.385. The molecule has 13 nitrogen and oxygen atoms in total. The van der Waals surface area contributed by atoms with Crippen molar-refractivity contribution in [3.05, 3.63) is 56.6 Å². The van der Waals surface area contributed by atoms with Crippen molar-refractivity contribution in [2.24, 2.45) is 15.3 Å². The SMILES string of the molecule is CC(=O)C(N=Nc1ccc([N+](=O)[O-])cc1O)=NNc1ccc([N+](=O)[O-])cc1O. The molecule has 28 heavy (non-hydrogen) atoms. The van der Waals surface area contributed by atoms with Crippen LogP contribution in [-0.4, -0.2) is 31.7 Å². The molecular weight excluding hydrogens is 376 g/mol. The molecule has 0 aromatic heterocycles. The monoisotopic (exact) mass is 388 g/mol. The molecular formula is C15H12N6O7. The minimum Gasteiger partial charge on any atom is -0.505 e. The van der Waals surface area contributed by atoms with E-state index in [1.54, 1.807) is 0 Å². The number of benzene rings is 2. The number of rotatable bonds is 6. The van der Waals surface area contributed by atoms with E-state index in [1.165, 1.54) is 6.07 Å². The fourth-order valence-corrected chi connectivity index (χ4v) is 1.82. The zero-order valence-electron chi connectivity index (χ0n) is 14.1. The van der Waals surface area contributed by atoms with E-state index in [2.05, 4.69) is 20.8 Å². The summed E-state index contributed by atoms with van der Waals surface area (Å²) in [4.78, 5) is 31.5. The molecule has 0 fully saturated rings. The van der Waals surface area contributed by atoms with Crippen LogP contribution in [0.4, 0.5) is 22.7 Å². The summed E-state index contributed by atoms with van der Waals surface area (Å²) in [5.41, 5.74) is 1.46. The molecule has 2 aromatic rings. The quantitative estimate of drug-likeness (QED) is 0.168.